The van der Waals surface area contributed by atoms with E-state index in [0.29, 0.717) is 18.7 Å². The van der Waals surface area contributed by atoms with Crippen LogP contribution in [0.1, 0.15) is 39.2 Å². The monoisotopic (exact) mass is 365 g/mol. The van der Waals surface area contributed by atoms with Gasteiger partial charge in [0.25, 0.3) is 0 Å². The third kappa shape index (κ3) is 3.67. The number of carbonyl (C=O) groups excluding carboxylic acids is 1. The van der Waals surface area contributed by atoms with Crippen molar-refractivity contribution >= 4 is 32.7 Å². The molecule has 0 radical (unpaired) electrons. The summed E-state index contributed by atoms with van der Waals surface area (Å²) in [6.07, 6.45) is 6.57. The largest absolute Gasteiger partial charge is 0.323 e. The van der Waals surface area contributed by atoms with E-state index in [9.17, 15) is 13.2 Å². The molecule has 1 amide bonds. The molecule has 2 aromatic heterocycles. The van der Waals surface area contributed by atoms with Gasteiger partial charge in [-0.2, -0.15) is 9.40 Å². The molecule has 1 atom stereocenters. The summed E-state index contributed by atoms with van der Waals surface area (Å²) in [6, 6.07) is 1.33. The number of hydrogen-bond donors (Lipinski definition) is 1. The van der Waals surface area contributed by atoms with E-state index in [2.05, 4.69) is 15.4 Å². The average Bonchev–Trinajstić information content (AvgIpc) is 2.97. The third-order valence-corrected chi connectivity index (χ3v) is 5.66. The summed E-state index contributed by atoms with van der Waals surface area (Å²) >= 11 is 0. The molecule has 2 aromatic rings. The summed E-state index contributed by atoms with van der Waals surface area (Å²) in [7, 11) is -3.41. The van der Waals surface area contributed by atoms with E-state index >= 15 is 0 Å². The molecule has 3 heterocycles. The van der Waals surface area contributed by atoms with Crippen molar-refractivity contribution in [1.29, 1.82) is 0 Å². The van der Waals surface area contributed by atoms with E-state index in [0.717, 1.165) is 30.1 Å². The second-order valence-corrected chi connectivity index (χ2v) is 8.63. The minimum absolute atomic E-state index is 0.191. The number of nitrogens with zero attached hydrogens (tertiary/aromatic N) is 4. The number of fused-ring (bicyclic) bond motifs is 1. The number of aromatic nitrogens is 3. The van der Waals surface area contributed by atoms with Crippen LogP contribution in [0.15, 0.2) is 18.5 Å². The van der Waals surface area contributed by atoms with Crippen molar-refractivity contribution in [1.82, 2.24) is 19.1 Å². The summed E-state index contributed by atoms with van der Waals surface area (Å²) < 4.78 is 26.9. The molecule has 9 heteroatoms. The van der Waals surface area contributed by atoms with Crippen molar-refractivity contribution in [2.24, 2.45) is 0 Å². The first-order chi connectivity index (χ1) is 11.8. The Morgan fingerprint density at radius 2 is 2.08 bits per heavy atom. The fourth-order valence-electron chi connectivity index (χ4n) is 3.18. The highest BCUT2D eigenvalue weighted by Gasteiger charge is 2.34. The number of hydrogen-bond acceptors (Lipinski definition) is 5. The Morgan fingerprint density at radius 3 is 2.76 bits per heavy atom. The smallest absolute Gasteiger partial charge is 0.242 e. The Kier molecular flexibility index (Phi) is 4.79. The summed E-state index contributed by atoms with van der Waals surface area (Å²) in [4.78, 5) is 17.0. The fourth-order valence-corrected chi connectivity index (χ4v) is 4.30. The molecular weight excluding hydrogens is 342 g/mol. The van der Waals surface area contributed by atoms with Gasteiger partial charge >= 0.3 is 0 Å². The van der Waals surface area contributed by atoms with Crippen LogP contribution in [0.4, 0.5) is 5.69 Å². The molecule has 1 N–H and O–H groups in total. The average molecular weight is 365 g/mol. The Balaban J connectivity index is 1.81. The number of amides is 1. The Bertz CT molecular complexity index is 890. The predicted molar refractivity (Wildman–Crippen MR) is 95.7 cm³/mol. The van der Waals surface area contributed by atoms with Gasteiger partial charge in [0.1, 0.15) is 6.04 Å². The van der Waals surface area contributed by atoms with Gasteiger partial charge in [-0.05, 0) is 32.8 Å². The maximum absolute atomic E-state index is 12.6. The van der Waals surface area contributed by atoms with Crippen LogP contribution >= 0.6 is 0 Å². The number of sulfonamides is 1. The minimum atomic E-state index is -3.41. The SMILES string of the molecule is CC(C)n1ncc2cc(NC(=O)C3CCCCN3S(C)(=O)=O)cnc21. The van der Waals surface area contributed by atoms with Gasteiger partial charge in [-0.25, -0.2) is 18.1 Å². The van der Waals surface area contributed by atoms with Crippen molar-refractivity contribution in [2.45, 2.75) is 45.2 Å². The van der Waals surface area contributed by atoms with Crippen molar-refractivity contribution in [3.63, 3.8) is 0 Å². The van der Waals surface area contributed by atoms with Crippen LogP contribution in [-0.2, 0) is 14.8 Å². The minimum Gasteiger partial charge on any atom is -0.323 e. The lowest BCUT2D eigenvalue weighted by Crippen LogP contribution is -2.49. The highest BCUT2D eigenvalue weighted by Crippen LogP contribution is 2.23. The molecule has 8 nitrogen and oxygen atoms in total. The summed E-state index contributed by atoms with van der Waals surface area (Å²) in [5.74, 6) is -0.317. The first-order valence-electron chi connectivity index (χ1n) is 8.38. The number of nitrogens with one attached hydrogen (secondary N) is 1. The molecule has 0 saturated carbocycles. The molecule has 0 aliphatic carbocycles. The number of piperidine rings is 1. The molecule has 1 aliphatic heterocycles. The van der Waals surface area contributed by atoms with Gasteiger partial charge in [0.05, 0.1) is 24.3 Å². The highest BCUT2D eigenvalue weighted by molar-refractivity contribution is 7.88. The first kappa shape index (κ1) is 17.8. The molecule has 0 aromatic carbocycles. The maximum Gasteiger partial charge on any atom is 0.242 e. The zero-order valence-electron chi connectivity index (χ0n) is 14.6. The van der Waals surface area contributed by atoms with Crippen molar-refractivity contribution < 1.29 is 13.2 Å². The number of pyridine rings is 1. The summed E-state index contributed by atoms with van der Waals surface area (Å²) in [6.45, 7) is 4.43. The van der Waals surface area contributed by atoms with E-state index < -0.39 is 16.1 Å². The Morgan fingerprint density at radius 1 is 1.32 bits per heavy atom. The molecule has 1 fully saturated rings. The molecular formula is C16H23N5O3S. The second-order valence-electron chi connectivity index (χ2n) is 6.69. The van der Waals surface area contributed by atoms with Gasteiger partial charge in [-0.1, -0.05) is 6.42 Å². The zero-order valence-corrected chi connectivity index (χ0v) is 15.5. The van der Waals surface area contributed by atoms with E-state index in [4.69, 9.17) is 0 Å². The van der Waals surface area contributed by atoms with Crippen molar-refractivity contribution in [2.75, 3.05) is 18.1 Å². The van der Waals surface area contributed by atoms with Gasteiger partial charge in [-0.3, -0.25) is 4.79 Å². The number of anilines is 1. The van der Waals surface area contributed by atoms with Crippen LogP contribution < -0.4 is 5.32 Å². The topological polar surface area (TPSA) is 97.2 Å². The van der Waals surface area contributed by atoms with Gasteiger partial charge in [0.15, 0.2) is 5.65 Å². The zero-order chi connectivity index (χ0) is 18.2. The van der Waals surface area contributed by atoms with Crippen LogP contribution in [0, 0.1) is 0 Å². The molecule has 0 bridgehead atoms. The lowest BCUT2D eigenvalue weighted by molar-refractivity contribution is -0.120. The molecule has 0 spiro atoms. The normalized spacial score (nSPS) is 19.4. The van der Waals surface area contributed by atoms with E-state index in [1.807, 2.05) is 18.5 Å². The molecule has 1 unspecified atom stereocenters. The molecule has 3 rings (SSSR count). The van der Waals surface area contributed by atoms with Gasteiger partial charge in [0.2, 0.25) is 15.9 Å². The third-order valence-electron chi connectivity index (χ3n) is 4.37. The fraction of sp³-hybridized carbons (Fsp3) is 0.562. The Labute approximate surface area is 147 Å². The van der Waals surface area contributed by atoms with Gasteiger partial charge in [-0.15, -0.1) is 0 Å². The lowest BCUT2D eigenvalue weighted by atomic mass is 10.0. The van der Waals surface area contributed by atoms with E-state index in [1.165, 1.54) is 4.31 Å². The molecule has 1 aliphatic rings. The van der Waals surface area contributed by atoms with Crippen LogP contribution in [-0.4, -0.2) is 52.2 Å². The summed E-state index contributed by atoms with van der Waals surface area (Å²) in [5.41, 5.74) is 1.29. The quantitative estimate of drug-likeness (QED) is 0.890. The highest BCUT2D eigenvalue weighted by atomic mass is 32.2. The molecule has 136 valence electrons. The van der Waals surface area contributed by atoms with E-state index in [-0.39, 0.29) is 11.9 Å². The second kappa shape index (κ2) is 6.72. The summed E-state index contributed by atoms with van der Waals surface area (Å²) in [5, 5.41) is 7.93. The first-order valence-corrected chi connectivity index (χ1v) is 10.2. The van der Waals surface area contributed by atoms with Crippen LogP contribution in [0.5, 0.6) is 0 Å². The number of carbonyl (C=O) groups is 1. The number of rotatable bonds is 4. The van der Waals surface area contributed by atoms with Gasteiger partial charge in [0, 0.05) is 18.0 Å². The predicted octanol–water partition coefficient (Wildman–Crippen LogP) is 1.76. The van der Waals surface area contributed by atoms with Crippen molar-refractivity contribution in [3.05, 3.63) is 18.5 Å². The van der Waals surface area contributed by atoms with Crippen LogP contribution in [0.25, 0.3) is 11.0 Å². The van der Waals surface area contributed by atoms with Crippen LogP contribution in [0.3, 0.4) is 0 Å². The molecule has 25 heavy (non-hydrogen) atoms. The van der Waals surface area contributed by atoms with Crippen molar-refractivity contribution in [3.8, 4) is 0 Å². The molecule has 1 saturated heterocycles. The Hall–Kier alpha value is -2.00. The standard InChI is InChI=1S/C16H23N5O3S/c1-11(2)21-15-12(9-18-21)8-13(10-17-15)19-16(22)14-6-4-5-7-20(14)25(3,23)24/h8-11,14H,4-7H2,1-3H3,(H,19,22). The van der Waals surface area contributed by atoms with Gasteiger partial charge < -0.3 is 5.32 Å². The van der Waals surface area contributed by atoms with Crippen LogP contribution in [0.2, 0.25) is 0 Å². The van der Waals surface area contributed by atoms with E-state index in [1.54, 1.807) is 18.5 Å². The maximum atomic E-state index is 12.6. The lowest BCUT2D eigenvalue weighted by Gasteiger charge is -2.32.